The predicted octanol–water partition coefficient (Wildman–Crippen LogP) is 4.34. The Labute approximate surface area is 168 Å². The Balaban J connectivity index is 1.61. The largest absolute Gasteiger partial charge is 0.423 e. The van der Waals surface area contributed by atoms with Crippen LogP contribution in [0.2, 0.25) is 0 Å². The average molecular weight is 382 g/mol. The lowest BCUT2D eigenvalue weighted by molar-refractivity contribution is 0.0736. The molecule has 0 aliphatic carbocycles. The van der Waals surface area contributed by atoms with E-state index in [2.05, 4.69) is 16.2 Å². The van der Waals surface area contributed by atoms with Crippen LogP contribution in [0.15, 0.2) is 54.6 Å². The summed E-state index contributed by atoms with van der Waals surface area (Å²) in [4.78, 5) is 17.3. The highest BCUT2D eigenvalue weighted by Gasteiger charge is 2.19. The molecule has 0 N–H and O–H groups in total. The highest BCUT2D eigenvalue weighted by molar-refractivity contribution is 6.04. The van der Waals surface area contributed by atoms with E-state index in [9.17, 15) is 4.79 Å². The molecule has 0 atom stereocenters. The number of benzene rings is 2. The fourth-order valence-corrected chi connectivity index (χ4v) is 3.35. The van der Waals surface area contributed by atoms with Crippen molar-refractivity contribution in [3.8, 4) is 22.9 Å². The number of rotatable bonds is 3. The molecule has 2 heterocycles. The number of pyridine rings is 1. The van der Waals surface area contributed by atoms with Crippen molar-refractivity contribution in [3.05, 3.63) is 77.1 Å². The first-order chi connectivity index (χ1) is 14.0. The first-order valence-corrected chi connectivity index (χ1v) is 9.10. The molecule has 6 heteroatoms. The second-order valence-corrected chi connectivity index (χ2v) is 6.82. The van der Waals surface area contributed by atoms with Gasteiger partial charge in [-0.3, -0.25) is 4.68 Å². The van der Waals surface area contributed by atoms with E-state index >= 15 is 0 Å². The lowest BCUT2D eigenvalue weighted by Crippen LogP contribution is -2.10. The van der Waals surface area contributed by atoms with Crippen LogP contribution in [0.5, 0.6) is 5.75 Å². The summed E-state index contributed by atoms with van der Waals surface area (Å²) in [5, 5.41) is 14.0. The molecule has 0 bridgehead atoms. The minimum Gasteiger partial charge on any atom is -0.423 e. The zero-order valence-electron chi connectivity index (χ0n) is 16.3. The van der Waals surface area contributed by atoms with Gasteiger partial charge in [-0.15, -0.1) is 0 Å². The number of esters is 1. The molecule has 29 heavy (non-hydrogen) atoms. The molecule has 0 unspecified atom stereocenters. The Hall–Kier alpha value is -3.98. The summed E-state index contributed by atoms with van der Waals surface area (Å²) >= 11 is 0. The summed E-state index contributed by atoms with van der Waals surface area (Å²) in [6.45, 7) is 3.69. The minimum absolute atomic E-state index is 0.442. The van der Waals surface area contributed by atoms with E-state index in [0.717, 1.165) is 22.5 Å². The van der Waals surface area contributed by atoms with Crippen molar-refractivity contribution >= 4 is 17.0 Å². The molecular formula is C23H18N4O2. The van der Waals surface area contributed by atoms with Crippen molar-refractivity contribution in [2.75, 3.05) is 0 Å². The van der Waals surface area contributed by atoms with Crippen molar-refractivity contribution in [3.63, 3.8) is 0 Å². The van der Waals surface area contributed by atoms with Crippen LogP contribution in [-0.4, -0.2) is 20.7 Å². The van der Waals surface area contributed by atoms with Crippen LogP contribution in [-0.2, 0) is 7.05 Å². The van der Waals surface area contributed by atoms with Crippen molar-refractivity contribution < 1.29 is 9.53 Å². The quantitative estimate of drug-likeness (QED) is 0.389. The topological polar surface area (TPSA) is 80.8 Å². The van der Waals surface area contributed by atoms with Gasteiger partial charge in [0.1, 0.15) is 5.75 Å². The number of carbonyl (C=O) groups is 1. The van der Waals surface area contributed by atoms with Crippen molar-refractivity contribution in [1.82, 2.24) is 14.8 Å². The number of aryl methyl sites for hydroxylation is 3. The van der Waals surface area contributed by atoms with Gasteiger partial charge < -0.3 is 4.74 Å². The molecule has 0 saturated carbocycles. The van der Waals surface area contributed by atoms with Gasteiger partial charge in [-0.1, -0.05) is 24.3 Å². The molecule has 0 fully saturated rings. The Morgan fingerprint density at radius 3 is 2.28 bits per heavy atom. The summed E-state index contributed by atoms with van der Waals surface area (Å²) in [5.41, 5.74) is 5.14. The van der Waals surface area contributed by atoms with Crippen LogP contribution >= 0.6 is 0 Å². The second-order valence-electron chi connectivity index (χ2n) is 6.82. The second kappa shape index (κ2) is 7.21. The van der Waals surface area contributed by atoms with Crippen LogP contribution in [0.25, 0.3) is 22.2 Å². The van der Waals surface area contributed by atoms with Crippen LogP contribution in [0.3, 0.4) is 0 Å². The maximum atomic E-state index is 12.8. The van der Waals surface area contributed by atoms with E-state index in [4.69, 9.17) is 10.00 Å². The molecule has 0 spiro atoms. The Morgan fingerprint density at radius 1 is 1.03 bits per heavy atom. The summed E-state index contributed by atoms with van der Waals surface area (Å²) in [5.74, 6) is 0.0132. The summed E-state index contributed by atoms with van der Waals surface area (Å²) in [6.07, 6.45) is 0. The number of aromatic nitrogens is 3. The predicted molar refractivity (Wildman–Crippen MR) is 110 cm³/mol. The lowest BCUT2D eigenvalue weighted by atomic mass is 10.0. The third-order valence-electron chi connectivity index (χ3n) is 4.73. The summed E-state index contributed by atoms with van der Waals surface area (Å²) in [7, 11) is 1.80. The SMILES string of the molecule is Cc1cc(C(=O)Oc2ccc(-c3ccc(C#N)cc3)cc2)c2c(C)nn(C)c2n1. The van der Waals surface area contributed by atoms with Gasteiger partial charge in [0.15, 0.2) is 5.65 Å². The van der Waals surface area contributed by atoms with E-state index in [1.165, 1.54) is 0 Å². The molecule has 4 rings (SSSR count). The maximum Gasteiger partial charge on any atom is 0.344 e. The molecule has 142 valence electrons. The number of carbonyl (C=O) groups excluding carboxylic acids is 1. The Morgan fingerprint density at radius 2 is 1.66 bits per heavy atom. The number of hydrogen-bond donors (Lipinski definition) is 0. The molecule has 0 amide bonds. The Kier molecular flexibility index (Phi) is 4.57. The first kappa shape index (κ1) is 18.4. The monoisotopic (exact) mass is 382 g/mol. The summed E-state index contributed by atoms with van der Waals surface area (Å²) < 4.78 is 7.28. The summed E-state index contributed by atoms with van der Waals surface area (Å²) in [6, 6.07) is 18.4. The number of nitrogens with zero attached hydrogens (tertiary/aromatic N) is 4. The van der Waals surface area contributed by atoms with E-state index in [0.29, 0.717) is 27.9 Å². The zero-order valence-corrected chi connectivity index (χ0v) is 16.3. The van der Waals surface area contributed by atoms with Crippen molar-refractivity contribution in [2.45, 2.75) is 13.8 Å². The van der Waals surface area contributed by atoms with E-state index in [-0.39, 0.29) is 0 Å². The highest BCUT2D eigenvalue weighted by Crippen LogP contribution is 2.26. The Bertz CT molecular complexity index is 1260. The van der Waals surface area contributed by atoms with Gasteiger partial charge in [-0.05, 0) is 55.3 Å². The molecular weight excluding hydrogens is 364 g/mol. The molecule has 0 aliphatic rings. The fourth-order valence-electron chi connectivity index (χ4n) is 3.35. The first-order valence-electron chi connectivity index (χ1n) is 9.10. The standard InChI is InChI=1S/C23H18N4O2/c1-14-12-20(21-15(2)26-27(3)22(21)25-14)23(28)29-19-10-8-18(9-11-19)17-6-4-16(13-24)5-7-17/h4-12H,1-3H3. The number of ether oxygens (including phenoxy) is 1. The third kappa shape index (κ3) is 3.46. The van der Waals surface area contributed by atoms with Crippen molar-refractivity contribution in [1.29, 1.82) is 5.26 Å². The van der Waals surface area contributed by atoms with E-state index in [1.807, 2.05) is 38.1 Å². The molecule has 2 aromatic heterocycles. The number of hydrogen-bond acceptors (Lipinski definition) is 5. The van der Waals surface area contributed by atoms with Gasteiger partial charge in [-0.25, -0.2) is 9.78 Å². The maximum absolute atomic E-state index is 12.8. The third-order valence-corrected chi connectivity index (χ3v) is 4.73. The van der Waals surface area contributed by atoms with Gasteiger partial charge in [0.25, 0.3) is 0 Å². The van der Waals surface area contributed by atoms with Gasteiger partial charge in [0, 0.05) is 12.7 Å². The van der Waals surface area contributed by atoms with Crippen LogP contribution < -0.4 is 4.74 Å². The van der Waals surface area contributed by atoms with Crippen LogP contribution in [0, 0.1) is 25.2 Å². The van der Waals surface area contributed by atoms with Gasteiger partial charge >= 0.3 is 5.97 Å². The van der Waals surface area contributed by atoms with Crippen LogP contribution in [0.1, 0.15) is 27.3 Å². The molecule has 4 aromatic rings. The average Bonchev–Trinajstić information content (AvgIpc) is 3.01. The molecule has 0 radical (unpaired) electrons. The normalized spacial score (nSPS) is 10.7. The van der Waals surface area contributed by atoms with E-state index < -0.39 is 5.97 Å². The fraction of sp³-hybridized carbons (Fsp3) is 0.130. The molecule has 6 nitrogen and oxygen atoms in total. The molecule has 2 aromatic carbocycles. The lowest BCUT2D eigenvalue weighted by Gasteiger charge is -2.08. The number of fused-ring (bicyclic) bond motifs is 1. The number of nitriles is 1. The molecule has 0 aliphatic heterocycles. The minimum atomic E-state index is -0.442. The van der Waals surface area contributed by atoms with E-state index in [1.54, 1.807) is 42.1 Å². The van der Waals surface area contributed by atoms with Gasteiger partial charge in [0.2, 0.25) is 0 Å². The highest BCUT2D eigenvalue weighted by atomic mass is 16.5. The zero-order chi connectivity index (χ0) is 20.5. The van der Waals surface area contributed by atoms with Gasteiger partial charge in [-0.2, -0.15) is 10.4 Å². The van der Waals surface area contributed by atoms with Crippen LogP contribution in [0.4, 0.5) is 0 Å². The smallest absolute Gasteiger partial charge is 0.344 e. The molecule has 0 saturated heterocycles. The van der Waals surface area contributed by atoms with Gasteiger partial charge in [0.05, 0.1) is 28.3 Å². The van der Waals surface area contributed by atoms with Crippen molar-refractivity contribution in [2.24, 2.45) is 7.05 Å².